The number of carbonyl (C=O) groups excluding carboxylic acids is 2. The molecule has 22 heavy (non-hydrogen) atoms. The van der Waals surface area contributed by atoms with Gasteiger partial charge in [-0.3, -0.25) is 4.79 Å². The van der Waals surface area contributed by atoms with Gasteiger partial charge >= 0.3 is 12.3 Å². The molecule has 0 spiro atoms. The van der Waals surface area contributed by atoms with Crippen LogP contribution in [0.3, 0.4) is 0 Å². The van der Waals surface area contributed by atoms with Crippen LogP contribution in [0, 0.1) is 11.3 Å². The predicted molar refractivity (Wildman–Crippen MR) is 66.3 cm³/mol. The molecule has 1 aromatic rings. The zero-order valence-corrected chi connectivity index (χ0v) is 10.9. The standard InChI is InChI=1S/C13H7F3N2O4/c1-21-12(20)8(5-17)10-7-4-6(22-13(14,15)16)2-3-9(7)18-11(10)19/h2-4H,1H3,(H,18,19)/b10-8-. The summed E-state index contributed by atoms with van der Waals surface area (Å²) >= 11 is 0. The summed E-state index contributed by atoms with van der Waals surface area (Å²) in [4.78, 5) is 23.4. The lowest BCUT2D eigenvalue weighted by Gasteiger charge is -2.10. The van der Waals surface area contributed by atoms with E-state index in [-0.39, 0.29) is 16.8 Å². The van der Waals surface area contributed by atoms with Gasteiger partial charge in [0.2, 0.25) is 0 Å². The number of nitriles is 1. The second kappa shape index (κ2) is 5.40. The van der Waals surface area contributed by atoms with Crippen molar-refractivity contribution in [3.63, 3.8) is 0 Å². The summed E-state index contributed by atoms with van der Waals surface area (Å²) in [7, 11) is 1.01. The zero-order chi connectivity index (χ0) is 16.5. The number of benzene rings is 1. The zero-order valence-electron chi connectivity index (χ0n) is 10.9. The number of amides is 1. The highest BCUT2D eigenvalue weighted by atomic mass is 19.4. The first-order chi connectivity index (χ1) is 10.3. The average molecular weight is 312 g/mol. The van der Waals surface area contributed by atoms with Gasteiger partial charge in [0.1, 0.15) is 11.8 Å². The van der Waals surface area contributed by atoms with E-state index >= 15 is 0 Å². The summed E-state index contributed by atoms with van der Waals surface area (Å²) in [6, 6.07) is 4.60. The van der Waals surface area contributed by atoms with Crippen LogP contribution in [0.4, 0.5) is 18.9 Å². The summed E-state index contributed by atoms with van der Waals surface area (Å²) in [6.07, 6.45) is -4.91. The van der Waals surface area contributed by atoms with Gasteiger partial charge < -0.3 is 14.8 Å². The molecule has 1 amide bonds. The van der Waals surface area contributed by atoms with Crippen LogP contribution < -0.4 is 10.1 Å². The Labute approximate surface area is 121 Å². The topological polar surface area (TPSA) is 88.4 Å². The minimum atomic E-state index is -4.91. The van der Waals surface area contributed by atoms with Gasteiger partial charge in [-0.2, -0.15) is 5.26 Å². The number of ether oxygens (including phenoxy) is 2. The number of anilines is 1. The highest BCUT2D eigenvalue weighted by Gasteiger charge is 2.34. The van der Waals surface area contributed by atoms with E-state index in [1.54, 1.807) is 0 Å². The Hall–Kier alpha value is -3.02. The van der Waals surface area contributed by atoms with Crippen LogP contribution in [0.25, 0.3) is 5.57 Å². The number of esters is 1. The number of hydrogen-bond acceptors (Lipinski definition) is 5. The number of halogens is 3. The maximum Gasteiger partial charge on any atom is 0.573 e. The van der Waals surface area contributed by atoms with Crippen molar-refractivity contribution < 1.29 is 32.2 Å². The van der Waals surface area contributed by atoms with Crippen molar-refractivity contribution in [1.82, 2.24) is 0 Å². The Kier molecular flexibility index (Phi) is 3.77. The van der Waals surface area contributed by atoms with Gasteiger partial charge in [0.15, 0.2) is 5.57 Å². The van der Waals surface area contributed by atoms with Gasteiger partial charge in [-0.05, 0) is 18.2 Å². The number of hydrogen-bond donors (Lipinski definition) is 1. The highest BCUT2D eigenvalue weighted by molar-refractivity contribution is 6.35. The van der Waals surface area contributed by atoms with Gasteiger partial charge in [-0.1, -0.05) is 0 Å². The van der Waals surface area contributed by atoms with Gasteiger partial charge in [0, 0.05) is 11.3 Å². The maximum atomic E-state index is 12.2. The first kappa shape index (κ1) is 15.4. The van der Waals surface area contributed by atoms with Crippen LogP contribution in [-0.2, 0) is 14.3 Å². The number of rotatable bonds is 2. The Balaban J connectivity index is 2.58. The predicted octanol–water partition coefficient (Wildman–Crippen LogP) is 1.99. The summed E-state index contributed by atoms with van der Waals surface area (Å²) in [5, 5.41) is 11.3. The summed E-state index contributed by atoms with van der Waals surface area (Å²) < 4.78 is 44.8. The number of alkyl halides is 3. The molecule has 114 valence electrons. The van der Waals surface area contributed by atoms with Gasteiger partial charge in [0.25, 0.3) is 5.91 Å². The van der Waals surface area contributed by atoms with Crippen molar-refractivity contribution in [2.75, 3.05) is 12.4 Å². The van der Waals surface area contributed by atoms with Crippen molar-refractivity contribution in [2.24, 2.45) is 0 Å². The van der Waals surface area contributed by atoms with E-state index in [4.69, 9.17) is 5.26 Å². The molecule has 0 aromatic heterocycles. The van der Waals surface area contributed by atoms with Gasteiger partial charge in [-0.25, -0.2) is 4.79 Å². The summed E-state index contributed by atoms with van der Waals surface area (Å²) in [5.41, 5.74) is -0.861. The molecule has 0 atom stereocenters. The lowest BCUT2D eigenvalue weighted by Crippen LogP contribution is -2.17. The third-order valence-corrected chi connectivity index (χ3v) is 2.72. The summed E-state index contributed by atoms with van der Waals surface area (Å²) in [5.74, 6) is -2.44. The van der Waals surface area contributed by atoms with Crippen molar-refractivity contribution in [3.8, 4) is 11.8 Å². The van der Waals surface area contributed by atoms with E-state index in [9.17, 15) is 22.8 Å². The molecule has 0 bridgehead atoms. The third-order valence-electron chi connectivity index (χ3n) is 2.72. The average Bonchev–Trinajstić information content (AvgIpc) is 2.74. The SMILES string of the molecule is COC(=O)/C(C#N)=C1\C(=O)Nc2ccc(OC(F)(F)F)cc21. The van der Waals surface area contributed by atoms with Crippen molar-refractivity contribution in [2.45, 2.75) is 6.36 Å². The smallest absolute Gasteiger partial charge is 0.465 e. The van der Waals surface area contributed by atoms with Crippen LogP contribution in [0.2, 0.25) is 0 Å². The lowest BCUT2D eigenvalue weighted by atomic mass is 10.0. The molecule has 0 unspecified atom stereocenters. The number of carbonyl (C=O) groups is 2. The Bertz CT molecular complexity index is 732. The minimum Gasteiger partial charge on any atom is -0.465 e. The van der Waals surface area contributed by atoms with E-state index in [1.807, 2.05) is 0 Å². The molecule has 1 aliphatic rings. The van der Waals surface area contributed by atoms with Crippen LogP contribution in [0.5, 0.6) is 5.75 Å². The van der Waals surface area contributed by atoms with E-state index in [0.717, 1.165) is 19.2 Å². The Morgan fingerprint density at radius 1 is 1.36 bits per heavy atom. The number of fused-ring (bicyclic) bond motifs is 1. The first-order valence-corrected chi connectivity index (χ1v) is 5.71. The number of nitrogens with one attached hydrogen (secondary N) is 1. The molecule has 0 fully saturated rings. The van der Waals surface area contributed by atoms with Crippen LogP contribution >= 0.6 is 0 Å². The summed E-state index contributed by atoms with van der Waals surface area (Å²) in [6.45, 7) is 0. The fourth-order valence-electron chi connectivity index (χ4n) is 1.90. The van der Waals surface area contributed by atoms with E-state index in [0.29, 0.717) is 0 Å². The minimum absolute atomic E-state index is 0.0475. The first-order valence-electron chi connectivity index (χ1n) is 5.71. The quantitative estimate of drug-likeness (QED) is 0.512. The molecule has 1 aromatic carbocycles. The molecule has 1 aliphatic heterocycles. The van der Waals surface area contributed by atoms with Crippen LogP contribution in [0.15, 0.2) is 23.8 Å². The number of methoxy groups -OCH3 is 1. The van der Waals surface area contributed by atoms with E-state index in [1.165, 1.54) is 12.1 Å². The largest absolute Gasteiger partial charge is 0.573 e. The fourth-order valence-corrected chi connectivity index (χ4v) is 1.90. The van der Waals surface area contributed by atoms with E-state index < -0.39 is 29.6 Å². The van der Waals surface area contributed by atoms with Crippen molar-refractivity contribution >= 4 is 23.1 Å². The fraction of sp³-hybridized carbons (Fsp3) is 0.154. The molecule has 9 heteroatoms. The lowest BCUT2D eigenvalue weighted by molar-refractivity contribution is -0.274. The molecule has 0 aliphatic carbocycles. The van der Waals surface area contributed by atoms with Crippen molar-refractivity contribution in [3.05, 3.63) is 29.3 Å². The molecule has 1 heterocycles. The third kappa shape index (κ3) is 2.85. The molecular weight excluding hydrogens is 305 g/mol. The van der Waals surface area contributed by atoms with Gasteiger partial charge in [0.05, 0.1) is 12.7 Å². The van der Waals surface area contributed by atoms with Crippen LogP contribution in [-0.4, -0.2) is 25.3 Å². The molecule has 0 saturated heterocycles. The molecule has 0 radical (unpaired) electrons. The Morgan fingerprint density at radius 2 is 2.05 bits per heavy atom. The monoisotopic (exact) mass is 312 g/mol. The molecular formula is C13H7F3N2O4. The molecule has 2 rings (SSSR count). The van der Waals surface area contributed by atoms with Crippen LogP contribution in [0.1, 0.15) is 5.56 Å². The second-order valence-corrected chi connectivity index (χ2v) is 4.06. The van der Waals surface area contributed by atoms with E-state index in [2.05, 4.69) is 14.8 Å². The molecule has 0 saturated carbocycles. The molecule has 1 N–H and O–H groups in total. The highest BCUT2D eigenvalue weighted by Crippen LogP contribution is 2.37. The second-order valence-electron chi connectivity index (χ2n) is 4.06. The number of nitrogens with zero attached hydrogens (tertiary/aromatic N) is 1. The molecule has 6 nitrogen and oxygen atoms in total. The Morgan fingerprint density at radius 3 is 2.59 bits per heavy atom. The maximum absolute atomic E-state index is 12.2. The van der Waals surface area contributed by atoms with Crippen molar-refractivity contribution in [1.29, 1.82) is 5.26 Å². The van der Waals surface area contributed by atoms with Gasteiger partial charge in [-0.15, -0.1) is 13.2 Å². The normalized spacial score (nSPS) is 15.5.